The van der Waals surface area contributed by atoms with Crippen molar-refractivity contribution >= 4 is 5.78 Å². The molecule has 2 atom stereocenters. The summed E-state index contributed by atoms with van der Waals surface area (Å²) in [6.45, 7) is 8.40. The van der Waals surface area contributed by atoms with Crippen LogP contribution in [0.15, 0.2) is 24.3 Å². The van der Waals surface area contributed by atoms with Crippen molar-refractivity contribution in [2.45, 2.75) is 39.5 Å². The molecule has 0 aromatic rings. The topological polar surface area (TPSA) is 17.1 Å². The van der Waals surface area contributed by atoms with Gasteiger partial charge in [-0.3, -0.25) is 4.79 Å². The van der Waals surface area contributed by atoms with Gasteiger partial charge in [-0.1, -0.05) is 24.6 Å². The van der Waals surface area contributed by atoms with E-state index >= 15 is 0 Å². The van der Waals surface area contributed by atoms with Crippen molar-refractivity contribution in [3.8, 4) is 0 Å². The summed E-state index contributed by atoms with van der Waals surface area (Å²) >= 11 is 0. The van der Waals surface area contributed by atoms with E-state index in [-0.39, 0.29) is 10.8 Å². The van der Waals surface area contributed by atoms with E-state index in [1.165, 1.54) is 5.57 Å². The number of rotatable bonds is 1. The van der Waals surface area contributed by atoms with E-state index in [4.69, 9.17) is 0 Å². The molecule has 0 unspecified atom stereocenters. The summed E-state index contributed by atoms with van der Waals surface area (Å²) in [7, 11) is 0. The molecule has 2 aliphatic rings. The van der Waals surface area contributed by atoms with Gasteiger partial charge in [-0.05, 0) is 25.2 Å². The van der Waals surface area contributed by atoms with Crippen LogP contribution in [-0.4, -0.2) is 5.78 Å². The molecule has 1 fully saturated rings. The van der Waals surface area contributed by atoms with E-state index in [0.29, 0.717) is 12.2 Å². The van der Waals surface area contributed by atoms with Crippen LogP contribution in [0.3, 0.4) is 0 Å². The fourth-order valence-corrected chi connectivity index (χ4v) is 3.19. The standard InChI is InChI=1S/C13H18O/c1-4-13-9-11(14)6-8-12(13,3)7-5-10(13)2/h4-5H,1,6-9H2,2-3H3/t12-,13-/m1/s1. The molecule has 0 saturated heterocycles. The number of allylic oxidation sites excluding steroid dienone is 3. The average Bonchev–Trinajstić information content (AvgIpc) is 2.42. The molecule has 0 aromatic heterocycles. The van der Waals surface area contributed by atoms with Crippen LogP contribution in [0.25, 0.3) is 0 Å². The maximum absolute atomic E-state index is 11.6. The van der Waals surface area contributed by atoms with Gasteiger partial charge in [0.25, 0.3) is 0 Å². The first kappa shape index (κ1) is 9.70. The lowest BCUT2D eigenvalue weighted by molar-refractivity contribution is -0.125. The summed E-state index contributed by atoms with van der Waals surface area (Å²) in [4.78, 5) is 11.6. The van der Waals surface area contributed by atoms with Gasteiger partial charge in [0.2, 0.25) is 0 Å². The third-order valence-corrected chi connectivity index (χ3v) is 4.42. The predicted molar refractivity (Wildman–Crippen MR) is 58.0 cm³/mol. The number of hydrogen-bond donors (Lipinski definition) is 0. The third-order valence-electron chi connectivity index (χ3n) is 4.42. The van der Waals surface area contributed by atoms with Crippen LogP contribution < -0.4 is 0 Å². The van der Waals surface area contributed by atoms with Crippen LogP contribution in [0.4, 0.5) is 0 Å². The molecular weight excluding hydrogens is 172 g/mol. The minimum Gasteiger partial charge on any atom is -0.300 e. The first-order valence-corrected chi connectivity index (χ1v) is 5.37. The van der Waals surface area contributed by atoms with Gasteiger partial charge in [0.15, 0.2) is 0 Å². The van der Waals surface area contributed by atoms with Crippen molar-refractivity contribution < 1.29 is 4.79 Å². The second kappa shape index (κ2) is 2.82. The van der Waals surface area contributed by atoms with Gasteiger partial charge >= 0.3 is 0 Å². The van der Waals surface area contributed by atoms with Crippen LogP contribution in [0.2, 0.25) is 0 Å². The average molecular weight is 190 g/mol. The van der Waals surface area contributed by atoms with E-state index in [2.05, 4.69) is 26.5 Å². The van der Waals surface area contributed by atoms with E-state index < -0.39 is 0 Å². The Balaban J connectivity index is 2.47. The number of carbonyl (C=O) groups excluding carboxylic acids is 1. The van der Waals surface area contributed by atoms with Crippen LogP contribution in [0.1, 0.15) is 39.5 Å². The number of fused-ring (bicyclic) bond motifs is 1. The van der Waals surface area contributed by atoms with Gasteiger partial charge in [0.1, 0.15) is 5.78 Å². The first-order chi connectivity index (χ1) is 6.54. The summed E-state index contributed by atoms with van der Waals surface area (Å²) < 4.78 is 0. The number of hydrogen-bond acceptors (Lipinski definition) is 1. The van der Waals surface area contributed by atoms with Crippen molar-refractivity contribution in [1.29, 1.82) is 0 Å². The van der Waals surface area contributed by atoms with Crippen molar-refractivity contribution in [2.24, 2.45) is 10.8 Å². The molecule has 76 valence electrons. The molecule has 1 nitrogen and oxygen atoms in total. The van der Waals surface area contributed by atoms with Gasteiger partial charge in [0.05, 0.1) is 0 Å². The number of Topliss-reactive ketones (excluding diaryl/α,β-unsaturated/α-hetero) is 1. The maximum Gasteiger partial charge on any atom is 0.134 e. The van der Waals surface area contributed by atoms with E-state index in [0.717, 1.165) is 19.3 Å². The van der Waals surface area contributed by atoms with Gasteiger partial charge in [-0.15, -0.1) is 6.58 Å². The summed E-state index contributed by atoms with van der Waals surface area (Å²) in [6.07, 6.45) is 7.87. The van der Waals surface area contributed by atoms with Gasteiger partial charge in [-0.25, -0.2) is 0 Å². The molecule has 0 aromatic carbocycles. The van der Waals surface area contributed by atoms with Crippen LogP contribution in [-0.2, 0) is 4.79 Å². The fourth-order valence-electron chi connectivity index (χ4n) is 3.19. The highest BCUT2D eigenvalue weighted by Crippen LogP contribution is 2.60. The van der Waals surface area contributed by atoms with Crippen molar-refractivity contribution in [3.63, 3.8) is 0 Å². The molecular formula is C13H18O. The molecule has 0 aliphatic heterocycles. The molecule has 0 bridgehead atoms. The van der Waals surface area contributed by atoms with E-state index in [9.17, 15) is 4.79 Å². The number of carbonyl (C=O) groups is 1. The number of ketones is 1. The lowest BCUT2D eigenvalue weighted by Gasteiger charge is -2.46. The summed E-state index contributed by atoms with van der Waals surface area (Å²) in [6, 6.07) is 0. The Kier molecular flexibility index (Phi) is 1.95. The Labute approximate surface area is 85.9 Å². The van der Waals surface area contributed by atoms with Crippen molar-refractivity contribution in [1.82, 2.24) is 0 Å². The SMILES string of the molecule is C=C[C@]12CC(=O)CC[C@@]1(C)CC=C2C. The minimum atomic E-state index is -0.0255. The molecule has 2 aliphatic carbocycles. The largest absolute Gasteiger partial charge is 0.300 e. The highest BCUT2D eigenvalue weighted by atomic mass is 16.1. The first-order valence-electron chi connectivity index (χ1n) is 5.37. The smallest absolute Gasteiger partial charge is 0.134 e. The Morgan fingerprint density at radius 2 is 2.29 bits per heavy atom. The van der Waals surface area contributed by atoms with Crippen molar-refractivity contribution in [2.75, 3.05) is 0 Å². The maximum atomic E-state index is 11.6. The van der Waals surface area contributed by atoms with Gasteiger partial charge in [-0.2, -0.15) is 0 Å². The Morgan fingerprint density at radius 1 is 1.57 bits per heavy atom. The molecule has 14 heavy (non-hydrogen) atoms. The highest BCUT2D eigenvalue weighted by molar-refractivity contribution is 5.81. The van der Waals surface area contributed by atoms with Crippen LogP contribution in [0.5, 0.6) is 0 Å². The second-order valence-corrected chi connectivity index (χ2v) is 5.04. The predicted octanol–water partition coefficient (Wildman–Crippen LogP) is 3.27. The molecule has 0 spiro atoms. The van der Waals surface area contributed by atoms with E-state index in [1.807, 2.05) is 6.08 Å². The van der Waals surface area contributed by atoms with Gasteiger partial charge < -0.3 is 0 Å². The minimum absolute atomic E-state index is 0.0255. The molecule has 0 heterocycles. The molecule has 1 saturated carbocycles. The van der Waals surface area contributed by atoms with Crippen LogP contribution in [0, 0.1) is 10.8 Å². The Bertz CT molecular complexity index is 326. The fraction of sp³-hybridized carbons (Fsp3) is 0.615. The lowest BCUT2D eigenvalue weighted by atomic mass is 9.56. The van der Waals surface area contributed by atoms with E-state index in [1.54, 1.807) is 0 Å². The molecule has 0 amide bonds. The van der Waals surface area contributed by atoms with Crippen molar-refractivity contribution in [3.05, 3.63) is 24.3 Å². The van der Waals surface area contributed by atoms with Crippen LogP contribution >= 0.6 is 0 Å². The summed E-state index contributed by atoms with van der Waals surface area (Å²) in [5, 5.41) is 0. The normalized spacial score (nSPS) is 41.9. The molecule has 0 N–H and O–H groups in total. The molecule has 0 radical (unpaired) electrons. The monoisotopic (exact) mass is 190 g/mol. The molecule has 2 rings (SSSR count). The Morgan fingerprint density at radius 3 is 2.93 bits per heavy atom. The quantitative estimate of drug-likeness (QED) is 0.580. The Hall–Kier alpha value is -0.850. The lowest BCUT2D eigenvalue weighted by Crippen LogP contribution is -2.41. The highest BCUT2D eigenvalue weighted by Gasteiger charge is 2.53. The molecule has 1 heteroatoms. The summed E-state index contributed by atoms with van der Waals surface area (Å²) in [5.74, 6) is 0.400. The third kappa shape index (κ3) is 0.985. The second-order valence-electron chi connectivity index (χ2n) is 5.04. The summed E-state index contributed by atoms with van der Waals surface area (Å²) in [5.41, 5.74) is 1.58. The van der Waals surface area contributed by atoms with Gasteiger partial charge in [0, 0.05) is 18.3 Å². The zero-order valence-corrected chi connectivity index (χ0v) is 9.10. The zero-order chi connectivity index (χ0) is 10.4. The zero-order valence-electron chi connectivity index (χ0n) is 9.10.